The number of rotatable bonds is 8. The molecule has 0 radical (unpaired) electrons. The fourth-order valence-electron chi connectivity index (χ4n) is 5.69. The van der Waals surface area contributed by atoms with E-state index in [-0.39, 0.29) is 12.5 Å². The van der Waals surface area contributed by atoms with E-state index >= 15 is 0 Å². The van der Waals surface area contributed by atoms with E-state index in [4.69, 9.17) is 28.2 Å². The van der Waals surface area contributed by atoms with Gasteiger partial charge in [-0.05, 0) is 57.4 Å². The number of nitrogens with one attached hydrogen (secondary N) is 1. The lowest BCUT2D eigenvalue weighted by Crippen LogP contribution is -2.49. The molecule has 0 bridgehead atoms. The lowest BCUT2D eigenvalue weighted by atomic mass is 9.97. The highest BCUT2D eigenvalue weighted by Gasteiger charge is 2.26. The van der Waals surface area contributed by atoms with Gasteiger partial charge in [-0.25, -0.2) is 4.98 Å². The Balaban J connectivity index is 0.00000207. The first kappa shape index (κ1) is 32.4. The molecule has 10 heteroatoms. The quantitative estimate of drug-likeness (QED) is 0.275. The van der Waals surface area contributed by atoms with Crippen LogP contribution >= 0.6 is 23.2 Å². The number of aryl methyl sites for hydroxylation is 1. The highest BCUT2D eigenvalue weighted by atomic mass is 35.5. The van der Waals surface area contributed by atoms with Gasteiger partial charge in [0.2, 0.25) is 5.91 Å². The summed E-state index contributed by atoms with van der Waals surface area (Å²) in [4.78, 5) is 28.9. The maximum atomic E-state index is 13.3. The van der Waals surface area contributed by atoms with Crippen molar-refractivity contribution in [1.82, 2.24) is 24.2 Å². The van der Waals surface area contributed by atoms with Crippen LogP contribution in [0.25, 0.3) is 16.9 Å². The van der Waals surface area contributed by atoms with Crippen LogP contribution in [-0.4, -0.2) is 75.4 Å². The number of allylic oxidation sites excluding steroid dienone is 4. The van der Waals surface area contributed by atoms with Gasteiger partial charge < -0.3 is 20.0 Å². The molecule has 0 saturated carbocycles. The zero-order valence-corrected chi connectivity index (χ0v) is 27.4. The number of halogens is 2. The van der Waals surface area contributed by atoms with Crippen LogP contribution in [0.15, 0.2) is 71.3 Å². The standard InChI is InChI=1S/C31H37Cl2N7O.C2H6/c1-5-24(32)30(25(33)6-2)38-16-14-37(15-17-38)28(41)20-35-31-29(36-27-19-34-11-13-40(27)31)23-9-10-26-22(18-23)8-7-12-39(26)21(3)4;1-2/h5-6,9-11,13,18-19,21,35H,1,7-8,12,14-17,20H2,2-4H3;1-2H3/b25-6+,30-24-;. The van der Waals surface area contributed by atoms with E-state index in [1.807, 2.05) is 42.3 Å². The van der Waals surface area contributed by atoms with Gasteiger partial charge in [0.25, 0.3) is 0 Å². The number of carbonyl (C=O) groups excluding carboxylic acids is 1. The molecule has 1 amide bonds. The van der Waals surface area contributed by atoms with Crippen LogP contribution < -0.4 is 10.2 Å². The lowest BCUT2D eigenvalue weighted by molar-refractivity contribution is -0.130. The maximum absolute atomic E-state index is 13.3. The molecule has 4 heterocycles. The van der Waals surface area contributed by atoms with E-state index in [1.165, 1.54) is 11.3 Å². The summed E-state index contributed by atoms with van der Waals surface area (Å²) in [7, 11) is 0. The van der Waals surface area contributed by atoms with Crippen molar-refractivity contribution in [3.63, 3.8) is 0 Å². The number of fused-ring (bicyclic) bond motifs is 2. The molecule has 3 aromatic rings. The van der Waals surface area contributed by atoms with E-state index in [9.17, 15) is 4.79 Å². The van der Waals surface area contributed by atoms with Crippen LogP contribution in [-0.2, 0) is 11.2 Å². The average Bonchev–Trinajstić information content (AvgIpc) is 3.42. The molecule has 230 valence electrons. The van der Waals surface area contributed by atoms with Gasteiger partial charge in [-0.1, -0.05) is 55.8 Å². The Morgan fingerprint density at radius 3 is 2.51 bits per heavy atom. The Morgan fingerprint density at radius 1 is 1.12 bits per heavy atom. The number of imidazole rings is 1. The van der Waals surface area contributed by atoms with Crippen molar-refractivity contribution in [3.05, 3.63) is 76.8 Å². The zero-order valence-electron chi connectivity index (χ0n) is 25.9. The third-order valence-electron chi connectivity index (χ3n) is 7.80. The van der Waals surface area contributed by atoms with Gasteiger partial charge in [-0.2, -0.15) is 0 Å². The molecule has 1 N–H and O–H groups in total. The van der Waals surface area contributed by atoms with Crippen molar-refractivity contribution >= 4 is 46.3 Å². The fourth-order valence-corrected chi connectivity index (χ4v) is 6.18. The SMILES string of the molecule is C=C/C(Cl)=C(\C(Cl)=C/C)N1CCN(C(=O)CNc2c(-c3ccc4c(c3)CCCN4C(C)C)nc3cnccn23)CC1.CC. The Morgan fingerprint density at radius 2 is 1.84 bits per heavy atom. The Kier molecular flexibility index (Phi) is 11.2. The van der Waals surface area contributed by atoms with E-state index in [0.29, 0.717) is 42.3 Å². The molecule has 2 aliphatic heterocycles. The second-order valence-electron chi connectivity index (χ2n) is 10.6. The van der Waals surface area contributed by atoms with Crippen molar-refractivity contribution in [1.29, 1.82) is 0 Å². The molecule has 1 fully saturated rings. The minimum atomic E-state index is 0.0232. The number of aromatic nitrogens is 3. The molecule has 8 nitrogen and oxygen atoms in total. The van der Waals surface area contributed by atoms with E-state index in [1.54, 1.807) is 18.5 Å². The Bertz CT molecular complexity index is 1500. The summed E-state index contributed by atoms with van der Waals surface area (Å²) in [6, 6.07) is 7.05. The summed E-state index contributed by atoms with van der Waals surface area (Å²) in [5.41, 5.74) is 5.96. The summed E-state index contributed by atoms with van der Waals surface area (Å²) < 4.78 is 1.96. The molecular weight excluding hydrogens is 581 g/mol. The summed E-state index contributed by atoms with van der Waals surface area (Å²) in [6.07, 6.45) is 10.9. The number of hydrogen-bond donors (Lipinski definition) is 1. The van der Waals surface area contributed by atoms with Crippen LogP contribution in [0.3, 0.4) is 0 Å². The Hall–Kier alpha value is -3.49. The predicted molar refractivity (Wildman–Crippen MR) is 180 cm³/mol. The summed E-state index contributed by atoms with van der Waals surface area (Å²) in [5, 5.41) is 4.49. The maximum Gasteiger partial charge on any atom is 0.242 e. The van der Waals surface area contributed by atoms with E-state index in [0.717, 1.165) is 47.8 Å². The van der Waals surface area contributed by atoms with Crippen molar-refractivity contribution < 1.29 is 4.79 Å². The minimum Gasteiger partial charge on any atom is -0.369 e. The van der Waals surface area contributed by atoms with Gasteiger partial charge in [0, 0.05) is 62.4 Å². The number of nitrogens with zero attached hydrogens (tertiary/aromatic N) is 6. The van der Waals surface area contributed by atoms with Crippen LogP contribution in [0.4, 0.5) is 11.5 Å². The fraction of sp³-hybridized carbons (Fsp3) is 0.424. The normalized spacial score (nSPS) is 16.0. The number of hydrogen-bond acceptors (Lipinski definition) is 6. The van der Waals surface area contributed by atoms with Crippen LogP contribution in [0.5, 0.6) is 0 Å². The zero-order chi connectivity index (χ0) is 31.1. The smallest absolute Gasteiger partial charge is 0.242 e. The number of carbonyl (C=O) groups is 1. The molecular formula is C33H43Cl2N7O. The molecule has 2 aromatic heterocycles. The summed E-state index contributed by atoms with van der Waals surface area (Å²) in [6.45, 7) is 17.8. The number of piperazine rings is 1. The van der Waals surface area contributed by atoms with Crippen molar-refractivity contribution in [2.45, 2.75) is 53.5 Å². The molecule has 2 aliphatic rings. The highest BCUT2D eigenvalue weighted by Crippen LogP contribution is 2.35. The second-order valence-corrected chi connectivity index (χ2v) is 11.4. The van der Waals surface area contributed by atoms with Crippen LogP contribution in [0, 0.1) is 0 Å². The van der Waals surface area contributed by atoms with Gasteiger partial charge in [0.15, 0.2) is 5.65 Å². The van der Waals surface area contributed by atoms with E-state index < -0.39 is 0 Å². The first-order chi connectivity index (χ1) is 20.8. The molecule has 5 rings (SSSR count). The first-order valence-electron chi connectivity index (χ1n) is 15.1. The molecule has 0 spiro atoms. The van der Waals surface area contributed by atoms with Crippen molar-refractivity contribution in [2.24, 2.45) is 0 Å². The van der Waals surface area contributed by atoms with Gasteiger partial charge in [0.1, 0.15) is 11.5 Å². The first-order valence-corrected chi connectivity index (χ1v) is 15.9. The van der Waals surface area contributed by atoms with E-state index in [2.05, 4.69) is 58.7 Å². The monoisotopic (exact) mass is 623 g/mol. The van der Waals surface area contributed by atoms with Gasteiger partial charge >= 0.3 is 0 Å². The highest BCUT2D eigenvalue weighted by molar-refractivity contribution is 6.36. The molecule has 1 aromatic carbocycles. The van der Waals surface area contributed by atoms with Gasteiger partial charge in [-0.15, -0.1) is 0 Å². The van der Waals surface area contributed by atoms with Crippen molar-refractivity contribution in [3.8, 4) is 11.3 Å². The third kappa shape index (κ3) is 7.02. The molecule has 0 unspecified atom stereocenters. The largest absolute Gasteiger partial charge is 0.369 e. The molecule has 0 aliphatic carbocycles. The number of anilines is 2. The third-order valence-corrected chi connectivity index (χ3v) is 8.53. The minimum absolute atomic E-state index is 0.0232. The molecule has 43 heavy (non-hydrogen) atoms. The summed E-state index contributed by atoms with van der Waals surface area (Å²) >= 11 is 12.8. The molecule has 0 atom stereocenters. The number of amides is 1. The van der Waals surface area contributed by atoms with Crippen LogP contribution in [0.1, 0.15) is 46.6 Å². The van der Waals surface area contributed by atoms with Gasteiger partial charge in [0.05, 0.1) is 28.5 Å². The van der Waals surface area contributed by atoms with Crippen LogP contribution in [0.2, 0.25) is 0 Å². The second kappa shape index (κ2) is 14.8. The van der Waals surface area contributed by atoms with Crippen molar-refractivity contribution in [2.75, 3.05) is 49.5 Å². The average molecular weight is 625 g/mol. The Labute approximate surface area is 265 Å². The topological polar surface area (TPSA) is 69.0 Å². The molecule has 1 saturated heterocycles. The summed E-state index contributed by atoms with van der Waals surface area (Å²) in [5.74, 6) is 0.809. The predicted octanol–water partition coefficient (Wildman–Crippen LogP) is 6.92. The van der Waals surface area contributed by atoms with Gasteiger partial charge in [-0.3, -0.25) is 14.2 Å². The lowest BCUT2D eigenvalue weighted by Gasteiger charge is -2.37. The number of benzene rings is 1.